The van der Waals surface area contributed by atoms with Crippen molar-refractivity contribution in [3.8, 4) is 0 Å². The largest absolute Gasteiger partial charge is 1.00 e. The molecule has 0 aromatic carbocycles. The molecule has 0 bridgehead atoms. The Morgan fingerprint density at radius 3 is 1.70 bits per heavy atom. The molecule has 0 radical (unpaired) electrons. The number of hydrogen-bond acceptors (Lipinski definition) is 1. The van der Waals surface area contributed by atoms with E-state index in [1.807, 2.05) is 0 Å². The average molecular weight is 166 g/mol. The second-order valence-corrected chi connectivity index (χ2v) is 2.76. The number of carbonyl (C=O) groups is 1. The molecule has 0 aromatic heterocycles. The lowest BCUT2D eigenvalue weighted by Gasteiger charge is -2.21. The van der Waals surface area contributed by atoms with Gasteiger partial charge in [0.15, 0.2) is 0 Å². The normalized spacial score (nSPS) is 9.90. The van der Waals surface area contributed by atoms with Crippen molar-refractivity contribution in [1.29, 1.82) is 0 Å². The van der Waals surface area contributed by atoms with Crippen LogP contribution in [0.25, 0.3) is 0 Å². The summed E-state index contributed by atoms with van der Waals surface area (Å²) in [4.78, 5) is 10.2. The van der Waals surface area contributed by atoms with E-state index in [0.717, 1.165) is 0 Å². The van der Waals surface area contributed by atoms with Crippen molar-refractivity contribution < 1.29 is 26.8 Å². The number of carboxylic acids is 1. The number of rotatable bonds is 2. The average Bonchev–Trinajstić information content (AvgIpc) is 1.62. The number of hydrogen-bond donors (Lipinski definition) is 1. The summed E-state index contributed by atoms with van der Waals surface area (Å²) < 4.78 is 0.273. The smallest absolute Gasteiger partial charge is 0.389 e. The molecule has 0 saturated carbocycles. The van der Waals surface area contributed by atoms with E-state index in [-0.39, 0.29) is 22.6 Å². The van der Waals surface area contributed by atoms with Crippen molar-refractivity contribution in [3.05, 3.63) is 12.3 Å². The topological polar surface area (TPSA) is 37.3 Å². The Balaban J connectivity index is 0. The fourth-order valence-electron chi connectivity index (χ4n) is 0.287. The summed E-state index contributed by atoms with van der Waals surface area (Å²) in [5.74, 6) is -0.942. The van der Waals surface area contributed by atoms with Gasteiger partial charge < -0.3 is 17.5 Å². The van der Waals surface area contributed by atoms with Gasteiger partial charge >= 0.3 is 5.97 Å². The summed E-state index contributed by atoms with van der Waals surface area (Å²) in [7, 11) is 5.28. The Morgan fingerprint density at radius 1 is 1.40 bits per heavy atom. The highest BCUT2D eigenvalue weighted by Gasteiger charge is 2.20. The van der Waals surface area contributed by atoms with Crippen molar-refractivity contribution >= 4 is 5.97 Å². The second kappa shape index (κ2) is 3.58. The van der Waals surface area contributed by atoms with Gasteiger partial charge in [-0.15, -0.1) is 0 Å². The van der Waals surface area contributed by atoms with E-state index < -0.39 is 5.97 Å². The first-order chi connectivity index (χ1) is 3.85. The van der Waals surface area contributed by atoms with Crippen LogP contribution in [0.15, 0.2) is 12.3 Å². The van der Waals surface area contributed by atoms with E-state index in [9.17, 15) is 4.79 Å². The molecule has 4 heteroatoms. The summed E-state index contributed by atoms with van der Waals surface area (Å²) in [6, 6.07) is 0. The fourth-order valence-corrected chi connectivity index (χ4v) is 0.287. The minimum atomic E-state index is -0.942. The first-order valence-electron chi connectivity index (χ1n) is 2.60. The molecule has 60 valence electrons. The number of quaternary nitrogens is 1. The first kappa shape index (κ1) is 12.2. The van der Waals surface area contributed by atoms with Gasteiger partial charge in [0.25, 0.3) is 0 Å². The molecule has 0 fully saturated rings. The molecular weight excluding hydrogens is 154 g/mol. The van der Waals surface area contributed by atoms with Crippen LogP contribution < -0.4 is 12.4 Å². The molecular formula is C6H12ClNO2. The van der Waals surface area contributed by atoms with E-state index in [1.165, 1.54) is 0 Å². The Kier molecular flexibility index (Phi) is 4.36. The third kappa shape index (κ3) is 3.48. The first-order valence-corrected chi connectivity index (χ1v) is 2.60. The SMILES string of the molecule is C=C(C(=O)O)[N+](C)(C)C.[Cl-]. The van der Waals surface area contributed by atoms with Gasteiger partial charge in [-0.1, -0.05) is 0 Å². The molecule has 0 heterocycles. The molecule has 0 amide bonds. The molecule has 0 spiro atoms. The highest BCUT2D eigenvalue weighted by Crippen LogP contribution is 2.03. The Hall–Kier alpha value is -0.540. The maximum atomic E-state index is 10.2. The quantitative estimate of drug-likeness (QED) is 0.357. The van der Waals surface area contributed by atoms with Crippen LogP contribution in [0.5, 0.6) is 0 Å². The summed E-state index contributed by atoms with van der Waals surface area (Å²) in [6.07, 6.45) is 0. The van der Waals surface area contributed by atoms with Gasteiger partial charge in [0, 0.05) is 0 Å². The molecule has 0 saturated heterocycles. The minimum Gasteiger partial charge on any atom is -1.00 e. The van der Waals surface area contributed by atoms with Crippen molar-refractivity contribution in [2.24, 2.45) is 0 Å². The lowest BCUT2D eigenvalue weighted by Crippen LogP contribution is -3.00. The zero-order valence-electron chi connectivity index (χ0n) is 6.39. The summed E-state index contributed by atoms with van der Waals surface area (Å²) in [6.45, 7) is 3.40. The monoisotopic (exact) mass is 165 g/mol. The highest BCUT2D eigenvalue weighted by molar-refractivity contribution is 5.83. The zero-order valence-corrected chi connectivity index (χ0v) is 7.14. The van der Waals surface area contributed by atoms with Crippen LogP contribution in [0, 0.1) is 0 Å². The highest BCUT2D eigenvalue weighted by atomic mass is 35.5. The van der Waals surface area contributed by atoms with E-state index in [1.54, 1.807) is 21.1 Å². The van der Waals surface area contributed by atoms with Crippen molar-refractivity contribution in [2.75, 3.05) is 21.1 Å². The molecule has 10 heavy (non-hydrogen) atoms. The summed E-state index contributed by atoms with van der Waals surface area (Å²) >= 11 is 0. The lowest BCUT2D eigenvalue weighted by molar-refractivity contribution is -0.826. The van der Waals surface area contributed by atoms with Crippen LogP contribution in [0.2, 0.25) is 0 Å². The van der Waals surface area contributed by atoms with Crippen molar-refractivity contribution in [3.63, 3.8) is 0 Å². The molecule has 0 atom stereocenters. The van der Waals surface area contributed by atoms with Gasteiger partial charge in [-0.3, -0.25) is 4.48 Å². The zero-order chi connectivity index (χ0) is 7.65. The Labute approximate surface area is 67.0 Å². The number of carboxylic acid groups (broad SMARTS) is 1. The minimum absolute atomic E-state index is 0. The van der Waals surface area contributed by atoms with Crippen molar-refractivity contribution in [2.45, 2.75) is 0 Å². The summed E-state index contributed by atoms with van der Waals surface area (Å²) in [5, 5.41) is 8.40. The van der Waals surface area contributed by atoms with Gasteiger partial charge in [-0.2, -0.15) is 0 Å². The van der Waals surface area contributed by atoms with Crippen LogP contribution in [0.4, 0.5) is 0 Å². The van der Waals surface area contributed by atoms with Crippen LogP contribution in [0.3, 0.4) is 0 Å². The molecule has 0 aliphatic carbocycles. The molecule has 3 nitrogen and oxygen atoms in total. The maximum Gasteiger partial charge on any atom is 0.389 e. The standard InChI is InChI=1S/C6H11NO2.ClH/c1-5(6(8)9)7(2,3)4;/h1H2,2-4H3;1H. The Morgan fingerprint density at radius 2 is 1.70 bits per heavy atom. The van der Waals surface area contributed by atoms with Crippen LogP contribution in [0.1, 0.15) is 0 Å². The van der Waals surface area contributed by atoms with Gasteiger partial charge in [0.05, 0.1) is 21.1 Å². The molecule has 1 N–H and O–H groups in total. The van der Waals surface area contributed by atoms with Gasteiger partial charge in [0.2, 0.25) is 5.70 Å². The number of nitrogens with zero attached hydrogens (tertiary/aromatic N) is 1. The van der Waals surface area contributed by atoms with E-state index >= 15 is 0 Å². The molecule has 0 aliphatic rings. The van der Waals surface area contributed by atoms with E-state index in [2.05, 4.69) is 6.58 Å². The Bertz CT molecular complexity index is 148. The van der Waals surface area contributed by atoms with Gasteiger partial charge in [-0.05, 0) is 6.58 Å². The number of aliphatic carboxylic acids is 1. The third-order valence-electron chi connectivity index (χ3n) is 1.06. The molecule has 0 aliphatic heterocycles. The molecule has 0 aromatic rings. The third-order valence-corrected chi connectivity index (χ3v) is 1.06. The summed E-state index contributed by atoms with van der Waals surface area (Å²) in [5.41, 5.74) is 0.190. The van der Waals surface area contributed by atoms with E-state index in [4.69, 9.17) is 5.11 Å². The lowest BCUT2D eigenvalue weighted by atomic mass is 10.4. The fraction of sp³-hybridized carbons (Fsp3) is 0.500. The van der Waals surface area contributed by atoms with Crippen LogP contribution in [-0.4, -0.2) is 36.7 Å². The molecule has 0 unspecified atom stereocenters. The number of halogens is 1. The number of likely N-dealkylation sites (N-methyl/N-ethyl adjacent to an activating group) is 1. The predicted molar refractivity (Wildman–Crippen MR) is 34.8 cm³/mol. The van der Waals surface area contributed by atoms with E-state index in [0.29, 0.717) is 0 Å². The molecule has 0 rings (SSSR count). The van der Waals surface area contributed by atoms with Crippen molar-refractivity contribution in [1.82, 2.24) is 0 Å². The maximum absolute atomic E-state index is 10.2. The van der Waals surface area contributed by atoms with Gasteiger partial charge in [-0.25, -0.2) is 4.79 Å². The van der Waals surface area contributed by atoms with Gasteiger partial charge in [0.1, 0.15) is 0 Å². The van der Waals surface area contributed by atoms with Crippen LogP contribution in [-0.2, 0) is 4.79 Å². The predicted octanol–water partition coefficient (Wildman–Crippen LogP) is -2.71. The van der Waals surface area contributed by atoms with Crippen LogP contribution >= 0.6 is 0 Å². The second-order valence-electron chi connectivity index (χ2n) is 2.76.